The van der Waals surface area contributed by atoms with Crippen LogP contribution in [0.5, 0.6) is 5.75 Å². The number of nitrogens with zero attached hydrogens (tertiary/aromatic N) is 3. The maximum absolute atomic E-state index is 7.58. The lowest BCUT2D eigenvalue weighted by Gasteiger charge is -2.13. The number of nitrogens with one attached hydrogen (secondary N) is 3. The zero-order valence-electron chi connectivity index (χ0n) is 15.9. The van der Waals surface area contributed by atoms with Gasteiger partial charge in [-0.1, -0.05) is 6.07 Å². The maximum atomic E-state index is 7.58. The molecule has 7 heteroatoms. The summed E-state index contributed by atoms with van der Waals surface area (Å²) in [5.74, 6) is 1.67. The zero-order valence-corrected chi connectivity index (χ0v) is 15.9. The van der Waals surface area contributed by atoms with Crippen molar-refractivity contribution in [1.29, 1.82) is 5.41 Å². The van der Waals surface area contributed by atoms with Gasteiger partial charge in [0.05, 0.1) is 24.0 Å². The Morgan fingerprint density at radius 3 is 2.82 bits per heavy atom. The van der Waals surface area contributed by atoms with Gasteiger partial charge in [0.25, 0.3) is 0 Å². The lowest BCUT2D eigenvalue weighted by molar-refractivity contribution is 0.416. The van der Waals surface area contributed by atoms with E-state index in [1.807, 2.05) is 36.7 Å². The molecular formula is C21H22N6O. The summed E-state index contributed by atoms with van der Waals surface area (Å²) in [5.41, 5.74) is 4.36. The topological polar surface area (TPSA) is 95.8 Å². The summed E-state index contributed by atoms with van der Waals surface area (Å²) in [7, 11) is 3.42. The second-order valence-electron chi connectivity index (χ2n) is 6.67. The zero-order chi connectivity index (χ0) is 19.5. The van der Waals surface area contributed by atoms with Gasteiger partial charge in [0, 0.05) is 48.7 Å². The Bertz CT molecular complexity index is 1060. The molecule has 0 radical (unpaired) electrons. The quantitative estimate of drug-likeness (QED) is 0.544. The lowest BCUT2D eigenvalue weighted by atomic mass is 10.1. The van der Waals surface area contributed by atoms with Crippen LogP contribution in [0.4, 0.5) is 11.6 Å². The molecule has 7 nitrogen and oxygen atoms in total. The number of ether oxygens (including phenoxy) is 1. The van der Waals surface area contributed by atoms with Crippen molar-refractivity contribution in [2.45, 2.75) is 18.8 Å². The van der Waals surface area contributed by atoms with E-state index in [1.165, 1.54) is 19.1 Å². The molecule has 2 heterocycles. The van der Waals surface area contributed by atoms with Gasteiger partial charge < -0.3 is 20.8 Å². The van der Waals surface area contributed by atoms with Gasteiger partial charge >= 0.3 is 0 Å². The molecular weight excluding hydrogens is 352 g/mol. The summed E-state index contributed by atoms with van der Waals surface area (Å²) in [6.45, 7) is 0. The van der Waals surface area contributed by atoms with Crippen molar-refractivity contribution < 1.29 is 4.74 Å². The minimum absolute atomic E-state index is 0.506. The number of methoxy groups -OCH3 is 1. The van der Waals surface area contributed by atoms with Gasteiger partial charge in [-0.15, -0.1) is 0 Å². The van der Waals surface area contributed by atoms with Crippen molar-refractivity contribution in [2.24, 2.45) is 0 Å². The van der Waals surface area contributed by atoms with Crippen molar-refractivity contribution in [3.63, 3.8) is 0 Å². The highest BCUT2D eigenvalue weighted by Gasteiger charge is 2.27. The largest absolute Gasteiger partial charge is 0.495 e. The molecule has 0 spiro atoms. The summed E-state index contributed by atoms with van der Waals surface area (Å²) in [4.78, 5) is 13.7. The first-order valence-corrected chi connectivity index (χ1v) is 9.18. The molecule has 1 fully saturated rings. The number of aromatic nitrogens is 3. The van der Waals surface area contributed by atoms with E-state index in [0.717, 1.165) is 33.4 Å². The molecule has 1 saturated carbocycles. The third-order valence-corrected chi connectivity index (χ3v) is 4.73. The van der Waals surface area contributed by atoms with Crippen LogP contribution in [0.3, 0.4) is 0 Å². The number of fused-ring (bicyclic) bond motifs is 1. The minimum atomic E-state index is 0.506. The van der Waals surface area contributed by atoms with Crippen LogP contribution in [0.25, 0.3) is 16.5 Å². The fraction of sp³-hybridized carbons (Fsp3) is 0.238. The van der Waals surface area contributed by atoms with Crippen LogP contribution in [0.1, 0.15) is 30.0 Å². The number of allylic oxidation sites excluding steroid dienone is 1. The molecule has 28 heavy (non-hydrogen) atoms. The third kappa shape index (κ3) is 3.51. The summed E-state index contributed by atoms with van der Waals surface area (Å²) >= 11 is 0. The smallest absolute Gasteiger partial charge is 0.227 e. The Labute approximate surface area is 163 Å². The van der Waals surface area contributed by atoms with E-state index < -0.39 is 0 Å². The van der Waals surface area contributed by atoms with Crippen molar-refractivity contribution in [2.75, 3.05) is 19.5 Å². The second kappa shape index (κ2) is 7.64. The van der Waals surface area contributed by atoms with Crippen molar-refractivity contribution in [3.8, 4) is 5.75 Å². The first-order chi connectivity index (χ1) is 13.7. The fourth-order valence-electron chi connectivity index (χ4n) is 3.15. The molecule has 1 aromatic carbocycles. The van der Waals surface area contributed by atoms with Gasteiger partial charge in [-0.2, -0.15) is 0 Å². The van der Waals surface area contributed by atoms with Crippen LogP contribution >= 0.6 is 0 Å². The van der Waals surface area contributed by atoms with Crippen LogP contribution in [-0.2, 0) is 0 Å². The summed E-state index contributed by atoms with van der Waals surface area (Å²) in [5, 5.41) is 14.8. The molecule has 0 aliphatic heterocycles. The Kier molecular flexibility index (Phi) is 4.89. The van der Waals surface area contributed by atoms with Crippen LogP contribution in [-0.4, -0.2) is 35.3 Å². The van der Waals surface area contributed by atoms with E-state index in [-0.39, 0.29) is 0 Å². The average Bonchev–Trinajstić information content (AvgIpc) is 3.57. The van der Waals surface area contributed by atoms with Gasteiger partial charge in [0.1, 0.15) is 5.75 Å². The first-order valence-electron chi connectivity index (χ1n) is 9.18. The Hall–Kier alpha value is -3.48. The van der Waals surface area contributed by atoms with E-state index in [2.05, 4.69) is 20.6 Å². The summed E-state index contributed by atoms with van der Waals surface area (Å²) < 4.78 is 5.54. The number of hydrogen-bond donors (Lipinski definition) is 3. The molecule has 1 aliphatic carbocycles. The van der Waals surface area contributed by atoms with Gasteiger partial charge in [0.2, 0.25) is 5.95 Å². The van der Waals surface area contributed by atoms with E-state index in [0.29, 0.717) is 17.6 Å². The first kappa shape index (κ1) is 17.9. The minimum Gasteiger partial charge on any atom is -0.495 e. The molecule has 2 aromatic heterocycles. The Balaban J connectivity index is 1.68. The normalized spacial score (nSPS) is 14.0. The molecule has 0 bridgehead atoms. The van der Waals surface area contributed by atoms with Gasteiger partial charge in [-0.05, 0) is 36.6 Å². The predicted octanol–water partition coefficient (Wildman–Crippen LogP) is 3.86. The molecule has 3 N–H and O–H groups in total. The molecule has 0 unspecified atom stereocenters. The van der Waals surface area contributed by atoms with Crippen molar-refractivity contribution >= 4 is 34.3 Å². The molecule has 3 aromatic rings. The van der Waals surface area contributed by atoms with Gasteiger partial charge in [-0.3, -0.25) is 4.98 Å². The average molecular weight is 374 g/mol. The van der Waals surface area contributed by atoms with E-state index in [9.17, 15) is 0 Å². The van der Waals surface area contributed by atoms with Crippen molar-refractivity contribution in [3.05, 3.63) is 54.1 Å². The van der Waals surface area contributed by atoms with Crippen molar-refractivity contribution in [1.82, 2.24) is 20.3 Å². The number of benzene rings is 1. The molecule has 0 amide bonds. The third-order valence-electron chi connectivity index (χ3n) is 4.73. The Morgan fingerprint density at radius 1 is 1.25 bits per heavy atom. The Morgan fingerprint density at radius 2 is 2.11 bits per heavy atom. The molecule has 0 saturated heterocycles. The highest BCUT2D eigenvalue weighted by Crippen LogP contribution is 2.41. The van der Waals surface area contributed by atoms with E-state index in [1.54, 1.807) is 20.4 Å². The highest BCUT2D eigenvalue weighted by molar-refractivity contribution is 6.08. The molecule has 1 aliphatic rings. The number of rotatable bonds is 7. The SMILES string of the molecule is CN/C=C(\C=N)c1ccc(Nc2ncc3ccnc(C4CC4)c3n2)c(OC)c1. The standard InChI is InChI=1S/C21H22N6O/c1-23-11-16(10-22)14-5-6-17(18(9-14)28-2)26-21-25-12-15-7-8-24-19(13-3-4-13)20(15)27-21/h5-13,22-23H,3-4H2,1-2H3,(H,25,26,27)/b16-11+,22-10?. The predicted molar refractivity (Wildman–Crippen MR) is 111 cm³/mol. The monoisotopic (exact) mass is 374 g/mol. The van der Waals surface area contributed by atoms with Crippen LogP contribution in [0.2, 0.25) is 0 Å². The van der Waals surface area contributed by atoms with Crippen LogP contribution in [0, 0.1) is 5.41 Å². The fourth-order valence-corrected chi connectivity index (χ4v) is 3.15. The summed E-state index contributed by atoms with van der Waals surface area (Å²) in [6, 6.07) is 7.65. The number of pyridine rings is 1. The van der Waals surface area contributed by atoms with Gasteiger partial charge in [-0.25, -0.2) is 9.97 Å². The molecule has 4 rings (SSSR count). The highest BCUT2D eigenvalue weighted by atomic mass is 16.5. The number of hydrogen-bond acceptors (Lipinski definition) is 7. The maximum Gasteiger partial charge on any atom is 0.227 e. The van der Waals surface area contributed by atoms with Gasteiger partial charge in [0.15, 0.2) is 0 Å². The summed E-state index contributed by atoms with van der Waals surface area (Å²) in [6.07, 6.45) is 9.06. The van der Waals surface area contributed by atoms with E-state index >= 15 is 0 Å². The lowest BCUT2D eigenvalue weighted by Crippen LogP contribution is -2.02. The molecule has 142 valence electrons. The number of anilines is 2. The second-order valence-corrected chi connectivity index (χ2v) is 6.67. The molecule has 0 atom stereocenters. The van der Waals surface area contributed by atoms with E-state index in [4.69, 9.17) is 15.1 Å². The van der Waals surface area contributed by atoms with Crippen LogP contribution in [0.15, 0.2) is 42.9 Å². The van der Waals surface area contributed by atoms with Crippen LogP contribution < -0.4 is 15.4 Å².